The molecule has 182 valence electrons. The highest BCUT2D eigenvalue weighted by Crippen LogP contribution is 2.06. The second-order valence-electron chi connectivity index (χ2n) is 7.41. The maximum absolute atomic E-state index is 12.7. The molecular formula is C18H34N8O6. The van der Waals surface area contributed by atoms with E-state index < -0.39 is 60.2 Å². The summed E-state index contributed by atoms with van der Waals surface area (Å²) < 4.78 is 0. The van der Waals surface area contributed by atoms with E-state index in [2.05, 4.69) is 20.9 Å². The molecule has 12 N–H and O–H groups in total. The second kappa shape index (κ2) is 14.6. The Labute approximate surface area is 185 Å². The molecule has 0 aromatic heterocycles. The van der Waals surface area contributed by atoms with Crippen molar-refractivity contribution in [3.05, 3.63) is 0 Å². The molecule has 0 saturated heterocycles. The molecular weight excluding hydrogens is 424 g/mol. The number of hydrogen-bond donors (Lipinski definition) is 8. The van der Waals surface area contributed by atoms with Crippen LogP contribution >= 0.6 is 0 Å². The molecule has 0 aromatic rings. The van der Waals surface area contributed by atoms with Crippen LogP contribution in [0.15, 0.2) is 4.99 Å². The first kappa shape index (κ1) is 28.6. The van der Waals surface area contributed by atoms with Gasteiger partial charge in [0.05, 0.1) is 6.54 Å². The van der Waals surface area contributed by atoms with Gasteiger partial charge in [0.1, 0.15) is 18.1 Å². The summed E-state index contributed by atoms with van der Waals surface area (Å²) in [5.41, 5.74) is 20.9. The van der Waals surface area contributed by atoms with Crippen molar-refractivity contribution >= 4 is 35.6 Å². The fraction of sp³-hybridized carbons (Fsp3) is 0.667. The highest BCUT2D eigenvalue weighted by molar-refractivity contribution is 5.93. The number of nitrogens with one attached hydrogen (secondary N) is 3. The molecule has 0 fully saturated rings. The number of carboxylic acids is 1. The summed E-state index contributed by atoms with van der Waals surface area (Å²) in [6.07, 6.45) is 0.0562. The molecule has 0 aliphatic heterocycles. The molecule has 32 heavy (non-hydrogen) atoms. The third-order valence-electron chi connectivity index (χ3n) is 4.33. The van der Waals surface area contributed by atoms with E-state index in [1.165, 1.54) is 0 Å². The maximum atomic E-state index is 12.7. The first-order valence-corrected chi connectivity index (χ1v) is 10.1. The molecule has 14 nitrogen and oxygen atoms in total. The smallest absolute Gasteiger partial charge is 0.326 e. The third kappa shape index (κ3) is 11.7. The van der Waals surface area contributed by atoms with Crippen molar-refractivity contribution in [3.63, 3.8) is 0 Å². The lowest BCUT2D eigenvalue weighted by Gasteiger charge is -2.25. The van der Waals surface area contributed by atoms with Crippen molar-refractivity contribution < 1.29 is 29.1 Å². The van der Waals surface area contributed by atoms with Gasteiger partial charge in [-0.3, -0.25) is 24.2 Å². The number of aliphatic carboxylic acids is 1. The van der Waals surface area contributed by atoms with Gasteiger partial charge in [0.25, 0.3) is 0 Å². The van der Waals surface area contributed by atoms with Crippen LogP contribution in [-0.4, -0.2) is 71.9 Å². The van der Waals surface area contributed by atoms with Crippen LogP contribution in [0.2, 0.25) is 0 Å². The number of nitrogens with two attached hydrogens (primary N) is 4. The van der Waals surface area contributed by atoms with Crippen LogP contribution in [0.3, 0.4) is 0 Å². The van der Waals surface area contributed by atoms with Crippen LogP contribution in [0.25, 0.3) is 0 Å². The van der Waals surface area contributed by atoms with Crippen LogP contribution in [0.5, 0.6) is 0 Å². The van der Waals surface area contributed by atoms with E-state index in [9.17, 15) is 29.1 Å². The van der Waals surface area contributed by atoms with Gasteiger partial charge >= 0.3 is 5.97 Å². The Bertz CT molecular complexity index is 708. The van der Waals surface area contributed by atoms with Crippen LogP contribution in [0.4, 0.5) is 0 Å². The number of rotatable bonds is 15. The third-order valence-corrected chi connectivity index (χ3v) is 4.33. The zero-order chi connectivity index (χ0) is 24.8. The van der Waals surface area contributed by atoms with Crippen molar-refractivity contribution in [3.8, 4) is 0 Å². The molecule has 0 radical (unpaired) electrons. The summed E-state index contributed by atoms with van der Waals surface area (Å²) in [7, 11) is 0. The summed E-state index contributed by atoms with van der Waals surface area (Å²) in [6, 6.07) is -3.50. The Morgan fingerprint density at radius 2 is 1.47 bits per heavy atom. The van der Waals surface area contributed by atoms with Gasteiger partial charge < -0.3 is 44.0 Å². The number of guanidine groups is 1. The van der Waals surface area contributed by atoms with Crippen LogP contribution in [0.1, 0.15) is 39.5 Å². The number of carbonyl (C=O) groups excluding carboxylic acids is 4. The number of amides is 4. The van der Waals surface area contributed by atoms with Gasteiger partial charge in [-0.25, -0.2) is 4.79 Å². The second-order valence-corrected chi connectivity index (χ2v) is 7.41. The Balaban J connectivity index is 5.49. The predicted molar refractivity (Wildman–Crippen MR) is 116 cm³/mol. The number of aliphatic imine (C=N–C) groups is 1. The van der Waals surface area contributed by atoms with Crippen LogP contribution < -0.4 is 38.9 Å². The summed E-state index contributed by atoms with van der Waals surface area (Å²) in [5, 5.41) is 16.5. The van der Waals surface area contributed by atoms with E-state index in [1.807, 2.05) is 0 Å². The van der Waals surface area contributed by atoms with Gasteiger partial charge in [-0.2, -0.15) is 0 Å². The minimum absolute atomic E-state index is 0.0756. The van der Waals surface area contributed by atoms with Crippen molar-refractivity contribution in [2.24, 2.45) is 33.8 Å². The normalized spacial score (nSPS) is 13.4. The van der Waals surface area contributed by atoms with Gasteiger partial charge in [-0.05, 0) is 25.2 Å². The first-order chi connectivity index (χ1) is 14.9. The molecule has 0 rings (SSSR count). The molecule has 14 heteroatoms. The Kier molecular flexibility index (Phi) is 13.0. The summed E-state index contributed by atoms with van der Waals surface area (Å²) in [6.45, 7) is 3.02. The standard InChI is InChI=1S/C18H34N8O6/c1-9(2)14(17(31)32)26-16(30)10(4-3-7-23-18(21)22)25-15(29)11(5-6-12(20)27)24-13(28)8-19/h9-11,14H,3-8,19H2,1-2H3,(H2,20,27)(H,24,28)(H,25,29)(H,26,30)(H,31,32)(H4,21,22,23). The largest absolute Gasteiger partial charge is 0.480 e. The Morgan fingerprint density at radius 3 is 1.94 bits per heavy atom. The summed E-state index contributed by atoms with van der Waals surface area (Å²) in [4.78, 5) is 63.4. The van der Waals surface area contributed by atoms with Crippen molar-refractivity contribution in [2.45, 2.75) is 57.7 Å². The average molecular weight is 459 g/mol. The number of nitrogens with zero attached hydrogens (tertiary/aromatic N) is 1. The fourth-order valence-electron chi connectivity index (χ4n) is 2.62. The van der Waals surface area contributed by atoms with E-state index in [4.69, 9.17) is 22.9 Å². The lowest BCUT2D eigenvalue weighted by atomic mass is 10.0. The summed E-state index contributed by atoms with van der Waals surface area (Å²) >= 11 is 0. The minimum Gasteiger partial charge on any atom is -0.480 e. The topological polar surface area (TPSA) is 258 Å². The van der Waals surface area contributed by atoms with E-state index in [1.54, 1.807) is 13.8 Å². The molecule has 4 amide bonds. The molecule has 0 saturated carbocycles. The molecule has 0 bridgehead atoms. The van der Waals surface area contributed by atoms with E-state index in [0.717, 1.165) is 0 Å². The van der Waals surface area contributed by atoms with Gasteiger partial charge in [-0.1, -0.05) is 13.8 Å². The number of primary amides is 1. The molecule has 3 atom stereocenters. The number of hydrogen-bond acceptors (Lipinski definition) is 7. The van der Waals surface area contributed by atoms with E-state index >= 15 is 0 Å². The van der Waals surface area contributed by atoms with Crippen molar-refractivity contribution in [2.75, 3.05) is 13.1 Å². The molecule has 0 heterocycles. The number of carboxylic acid groups (broad SMARTS) is 1. The maximum Gasteiger partial charge on any atom is 0.326 e. The Morgan fingerprint density at radius 1 is 0.906 bits per heavy atom. The average Bonchev–Trinajstić information content (AvgIpc) is 2.69. The van der Waals surface area contributed by atoms with Gasteiger partial charge in [0.15, 0.2) is 5.96 Å². The molecule has 0 aliphatic carbocycles. The first-order valence-electron chi connectivity index (χ1n) is 10.1. The predicted octanol–water partition coefficient (Wildman–Crippen LogP) is -3.54. The molecule has 3 unspecified atom stereocenters. The number of carbonyl (C=O) groups is 5. The Hall–Kier alpha value is -3.42. The van der Waals surface area contributed by atoms with E-state index in [0.29, 0.717) is 0 Å². The van der Waals surface area contributed by atoms with Crippen LogP contribution in [0, 0.1) is 5.92 Å². The van der Waals surface area contributed by atoms with Gasteiger partial charge in [0, 0.05) is 13.0 Å². The molecule has 0 aromatic carbocycles. The minimum atomic E-state index is -1.23. The fourth-order valence-corrected chi connectivity index (χ4v) is 2.62. The quantitative estimate of drug-likeness (QED) is 0.0685. The van der Waals surface area contributed by atoms with E-state index in [-0.39, 0.29) is 38.2 Å². The van der Waals surface area contributed by atoms with Crippen molar-refractivity contribution in [1.82, 2.24) is 16.0 Å². The molecule has 0 aliphatic rings. The highest BCUT2D eigenvalue weighted by atomic mass is 16.4. The van der Waals surface area contributed by atoms with Gasteiger partial charge in [0.2, 0.25) is 23.6 Å². The zero-order valence-corrected chi connectivity index (χ0v) is 18.3. The van der Waals surface area contributed by atoms with Crippen molar-refractivity contribution in [1.29, 1.82) is 0 Å². The zero-order valence-electron chi connectivity index (χ0n) is 18.3. The van der Waals surface area contributed by atoms with Gasteiger partial charge in [-0.15, -0.1) is 0 Å². The lowest BCUT2D eigenvalue weighted by Crippen LogP contribution is -2.57. The SMILES string of the molecule is CC(C)C(NC(=O)C(CCCN=C(N)N)NC(=O)C(CCC(N)=O)NC(=O)CN)C(=O)O. The monoisotopic (exact) mass is 458 g/mol. The molecule has 0 spiro atoms. The lowest BCUT2D eigenvalue weighted by molar-refractivity contribution is -0.143. The summed E-state index contributed by atoms with van der Waals surface area (Å²) in [5.74, 6) is -4.60. The van der Waals surface area contributed by atoms with Crippen LogP contribution in [-0.2, 0) is 24.0 Å². The highest BCUT2D eigenvalue weighted by Gasteiger charge is 2.30.